The van der Waals surface area contributed by atoms with Crippen LogP contribution in [0.5, 0.6) is 0 Å². The average Bonchev–Trinajstić information content (AvgIpc) is 2.47. The molecule has 0 fully saturated rings. The molecule has 0 unspecified atom stereocenters. The summed E-state index contributed by atoms with van der Waals surface area (Å²) < 4.78 is 0. The Bertz CT molecular complexity index is 488. The van der Waals surface area contributed by atoms with Crippen LogP contribution in [-0.4, -0.2) is 11.2 Å². The third kappa shape index (κ3) is 5.11. The number of aliphatic hydroxyl groups is 1. The molecule has 0 aliphatic rings. The van der Waals surface area contributed by atoms with Gasteiger partial charge in [-0.1, -0.05) is 72.8 Å². The fraction of sp³-hybridized carbons (Fsp3) is 0.222. The SMILES string of the molecule is O[C@H](C/C=C/c1ccccc1)CCc1ccccc1. The van der Waals surface area contributed by atoms with Crippen molar-refractivity contribution in [2.45, 2.75) is 25.4 Å². The smallest absolute Gasteiger partial charge is 0.0577 e. The van der Waals surface area contributed by atoms with E-state index >= 15 is 0 Å². The Kier molecular flexibility index (Phi) is 5.39. The van der Waals surface area contributed by atoms with Crippen LogP contribution < -0.4 is 0 Å². The van der Waals surface area contributed by atoms with Gasteiger partial charge in [0.2, 0.25) is 0 Å². The molecule has 1 nitrogen and oxygen atoms in total. The van der Waals surface area contributed by atoms with Crippen molar-refractivity contribution >= 4 is 6.08 Å². The van der Waals surface area contributed by atoms with Crippen molar-refractivity contribution in [2.75, 3.05) is 0 Å². The normalized spacial score (nSPS) is 12.7. The molecular formula is C18H20O. The molecule has 1 heteroatoms. The van der Waals surface area contributed by atoms with Crippen LogP contribution >= 0.6 is 0 Å². The van der Waals surface area contributed by atoms with Gasteiger partial charge < -0.3 is 5.11 Å². The van der Waals surface area contributed by atoms with Crippen LogP contribution in [0.25, 0.3) is 6.08 Å². The summed E-state index contributed by atoms with van der Waals surface area (Å²) in [4.78, 5) is 0. The first-order chi connectivity index (χ1) is 9.34. The minimum atomic E-state index is -0.264. The molecule has 1 atom stereocenters. The first-order valence-electron chi connectivity index (χ1n) is 6.78. The maximum atomic E-state index is 9.94. The summed E-state index contributed by atoms with van der Waals surface area (Å²) >= 11 is 0. The Morgan fingerprint density at radius 3 is 2.21 bits per heavy atom. The molecule has 0 spiro atoms. The lowest BCUT2D eigenvalue weighted by Gasteiger charge is -2.07. The summed E-state index contributed by atoms with van der Waals surface area (Å²) in [5.74, 6) is 0. The summed E-state index contributed by atoms with van der Waals surface area (Å²) in [5, 5.41) is 9.94. The fourth-order valence-electron chi connectivity index (χ4n) is 2.02. The van der Waals surface area contributed by atoms with Crippen LogP contribution in [0.2, 0.25) is 0 Å². The van der Waals surface area contributed by atoms with Gasteiger partial charge in [-0.25, -0.2) is 0 Å². The maximum Gasteiger partial charge on any atom is 0.0577 e. The zero-order chi connectivity index (χ0) is 13.3. The van der Waals surface area contributed by atoms with Crippen molar-refractivity contribution in [2.24, 2.45) is 0 Å². The van der Waals surface area contributed by atoms with E-state index in [1.165, 1.54) is 11.1 Å². The predicted molar refractivity (Wildman–Crippen MR) is 80.9 cm³/mol. The minimum absolute atomic E-state index is 0.264. The van der Waals surface area contributed by atoms with Gasteiger partial charge in [0.25, 0.3) is 0 Å². The number of aryl methyl sites for hydroxylation is 1. The molecule has 1 N–H and O–H groups in total. The predicted octanol–water partition coefficient (Wildman–Crippen LogP) is 4.08. The van der Waals surface area contributed by atoms with E-state index in [4.69, 9.17) is 0 Å². The van der Waals surface area contributed by atoms with E-state index in [0.717, 1.165) is 12.8 Å². The van der Waals surface area contributed by atoms with E-state index in [1.807, 2.05) is 42.5 Å². The van der Waals surface area contributed by atoms with E-state index < -0.39 is 0 Å². The molecule has 0 aliphatic carbocycles. The largest absolute Gasteiger partial charge is 0.393 e. The summed E-state index contributed by atoms with van der Waals surface area (Å²) in [7, 11) is 0. The molecule has 2 rings (SSSR count). The van der Waals surface area contributed by atoms with Crippen molar-refractivity contribution in [1.29, 1.82) is 0 Å². The summed E-state index contributed by atoms with van der Waals surface area (Å²) in [5.41, 5.74) is 2.46. The lowest BCUT2D eigenvalue weighted by Crippen LogP contribution is -2.06. The number of rotatable bonds is 6. The van der Waals surface area contributed by atoms with Gasteiger partial charge >= 0.3 is 0 Å². The first-order valence-corrected chi connectivity index (χ1v) is 6.78. The van der Waals surface area contributed by atoms with Gasteiger partial charge in [-0.15, -0.1) is 0 Å². The van der Waals surface area contributed by atoms with Crippen molar-refractivity contribution in [1.82, 2.24) is 0 Å². The Labute approximate surface area is 115 Å². The lowest BCUT2D eigenvalue weighted by molar-refractivity contribution is 0.168. The molecule has 0 amide bonds. The number of hydrogen-bond acceptors (Lipinski definition) is 1. The highest BCUT2D eigenvalue weighted by molar-refractivity contribution is 5.48. The third-order valence-electron chi connectivity index (χ3n) is 3.13. The highest BCUT2D eigenvalue weighted by Gasteiger charge is 2.02. The minimum Gasteiger partial charge on any atom is -0.393 e. The van der Waals surface area contributed by atoms with Crippen LogP contribution in [0.4, 0.5) is 0 Å². The zero-order valence-electron chi connectivity index (χ0n) is 11.1. The molecule has 0 radical (unpaired) electrons. The molecular weight excluding hydrogens is 232 g/mol. The van der Waals surface area contributed by atoms with Crippen molar-refractivity contribution < 1.29 is 5.11 Å². The average molecular weight is 252 g/mol. The van der Waals surface area contributed by atoms with E-state index in [1.54, 1.807) is 0 Å². The molecule has 0 heterocycles. The van der Waals surface area contributed by atoms with Gasteiger partial charge in [0.1, 0.15) is 0 Å². The molecule has 2 aromatic carbocycles. The Morgan fingerprint density at radius 2 is 1.53 bits per heavy atom. The fourth-order valence-corrected chi connectivity index (χ4v) is 2.02. The second-order valence-corrected chi connectivity index (χ2v) is 4.73. The molecule has 19 heavy (non-hydrogen) atoms. The topological polar surface area (TPSA) is 20.2 Å². The second kappa shape index (κ2) is 7.55. The van der Waals surface area contributed by atoms with Crippen molar-refractivity contribution in [3.63, 3.8) is 0 Å². The number of aliphatic hydroxyl groups excluding tert-OH is 1. The van der Waals surface area contributed by atoms with Crippen LogP contribution in [0.15, 0.2) is 66.7 Å². The summed E-state index contributed by atoms with van der Waals surface area (Å²) in [6.07, 6.45) is 6.29. The molecule has 98 valence electrons. The highest BCUT2D eigenvalue weighted by Crippen LogP contribution is 2.09. The van der Waals surface area contributed by atoms with Crippen LogP contribution in [-0.2, 0) is 6.42 Å². The van der Waals surface area contributed by atoms with Gasteiger partial charge in [0, 0.05) is 0 Å². The van der Waals surface area contributed by atoms with Gasteiger partial charge in [-0.2, -0.15) is 0 Å². The van der Waals surface area contributed by atoms with Gasteiger partial charge in [0.15, 0.2) is 0 Å². The second-order valence-electron chi connectivity index (χ2n) is 4.73. The Morgan fingerprint density at radius 1 is 0.895 bits per heavy atom. The van der Waals surface area contributed by atoms with Crippen LogP contribution in [0.3, 0.4) is 0 Å². The lowest BCUT2D eigenvalue weighted by atomic mass is 10.0. The van der Waals surface area contributed by atoms with E-state index in [0.29, 0.717) is 6.42 Å². The molecule has 0 saturated heterocycles. The Hall–Kier alpha value is -1.86. The van der Waals surface area contributed by atoms with Crippen molar-refractivity contribution in [3.05, 3.63) is 77.9 Å². The number of benzene rings is 2. The standard InChI is InChI=1S/C18H20O/c19-18(15-14-17-10-5-2-6-11-17)13-7-12-16-8-3-1-4-9-16/h1-12,18-19H,13-15H2/b12-7+/t18-/m1/s1. The molecule has 0 aliphatic heterocycles. The van der Waals surface area contributed by atoms with Gasteiger partial charge in [-0.3, -0.25) is 0 Å². The monoisotopic (exact) mass is 252 g/mol. The first kappa shape index (κ1) is 13.6. The van der Waals surface area contributed by atoms with E-state index in [9.17, 15) is 5.11 Å². The molecule has 0 aromatic heterocycles. The highest BCUT2D eigenvalue weighted by atomic mass is 16.3. The molecule has 2 aromatic rings. The van der Waals surface area contributed by atoms with Gasteiger partial charge in [-0.05, 0) is 30.4 Å². The van der Waals surface area contributed by atoms with Crippen LogP contribution in [0.1, 0.15) is 24.0 Å². The third-order valence-corrected chi connectivity index (χ3v) is 3.13. The maximum absolute atomic E-state index is 9.94. The zero-order valence-corrected chi connectivity index (χ0v) is 11.1. The number of hydrogen-bond donors (Lipinski definition) is 1. The van der Waals surface area contributed by atoms with Crippen LogP contribution in [0, 0.1) is 0 Å². The van der Waals surface area contributed by atoms with Crippen molar-refractivity contribution in [3.8, 4) is 0 Å². The molecule has 0 saturated carbocycles. The van der Waals surface area contributed by atoms with Gasteiger partial charge in [0.05, 0.1) is 6.10 Å². The quantitative estimate of drug-likeness (QED) is 0.821. The van der Waals surface area contributed by atoms with E-state index in [2.05, 4.69) is 30.3 Å². The summed E-state index contributed by atoms with van der Waals surface area (Å²) in [6, 6.07) is 20.5. The van der Waals surface area contributed by atoms with E-state index in [-0.39, 0.29) is 6.10 Å². The molecule has 0 bridgehead atoms. The Balaban J connectivity index is 1.73. The summed E-state index contributed by atoms with van der Waals surface area (Å²) in [6.45, 7) is 0.